The molecule has 1 aromatic carbocycles. The molecule has 0 fully saturated rings. The van der Waals surface area contributed by atoms with Gasteiger partial charge in [0.1, 0.15) is 24.2 Å². The van der Waals surface area contributed by atoms with E-state index in [0.29, 0.717) is 17.1 Å². The Morgan fingerprint density at radius 2 is 2.20 bits per heavy atom. The Bertz CT molecular complexity index is 691. The third-order valence-corrected chi connectivity index (χ3v) is 2.30. The molecule has 20 heavy (non-hydrogen) atoms. The summed E-state index contributed by atoms with van der Waals surface area (Å²) in [5.74, 6) is 0.579. The topological polar surface area (TPSA) is 125 Å². The van der Waals surface area contributed by atoms with E-state index >= 15 is 0 Å². The largest absolute Gasteiger partial charge is 0.497 e. The number of nitrogens with zero attached hydrogens (tertiary/aromatic N) is 7. The molecule has 2 aromatic rings. The van der Waals surface area contributed by atoms with Gasteiger partial charge in [-0.1, -0.05) is 0 Å². The number of benzene rings is 1. The second-order valence-electron chi connectivity index (χ2n) is 3.43. The van der Waals surface area contributed by atoms with Gasteiger partial charge in [-0.05, 0) is 22.6 Å². The van der Waals surface area contributed by atoms with Crippen LogP contribution < -0.4 is 10.2 Å². The molecular formula is C11H8N8O. The van der Waals surface area contributed by atoms with E-state index < -0.39 is 0 Å². The molecule has 0 saturated heterocycles. The average molecular weight is 268 g/mol. The molecular weight excluding hydrogens is 260 g/mol. The number of hydrogen-bond donors (Lipinski definition) is 1. The van der Waals surface area contributed by atoms with E-state index in [9.17, 15) is 0 Å². The number of methoxy groups -OCH3 is 1. The number of nitrogens with one attached hydrogen (secondary N) is 1. The molecule has 1 aromatic heterocycles. The molecule has 0 aliphatic carbocycles. The Balaban J connectivity index is 2.42. The smallest absolute Gasteiger partial charge is 0.237 e. The standard InChI is InChI=1S/C11H8N8O/c1-20-9-2-3-11(19-7-14-17-18-19)10(4-9)16-15-8(5-12)6-13/h2-4,7,16H,1H3. The normalized spacial score (nSPS) is 9.15. The molecule has 9 heteroatoms. The van der Waals surface area contributed by atoms with E-state index in [0.717, 1.165) is 0 Å². The van der Waals surface area contributed by atoms with Crippen molar-refractivity contribution in [2.45, 2.75) is 0 Å². The highest BCUT2D eigenvalue weighted by molar-refractivity contribution is 6.10. The Morgan fingerprint density at radius 3 is 2.80 bits per heavy atom. The lowest BCUT2D eigenvalue weighted by molar-refractivity contribution is 0.415. The van der Waals surface area contributed by atoms with Crippen molar-refractivity contribution in [1.82, 2.24) is 20.2 Å². The van der Waals surface area contributed by atoms with Crippen molar-refractivity contribution in [2.75, 3.05) is 12.5 Å². The molecule has 1 N–H and O–H groups in total. The van der Waals surface area contributed by atoms with Gasteiger partial charge in [-0.15, -0.1) is 5.10 Å². The predicted molar refractivity (Wildman–Crippen MR) is 68.0 cm³/mol. The Morgan fingerprint density at radius 1 is 1.40 bits per heavy atom. The van der Waals surface area contributed by atoms with Gasteiger partial charge < -0.3 is 4.74 Å². The summed E-state index contributed by atoms with van der Waals surface area (Å²) in [6, 6.07) is 8.39. The summed E-state index contributed by atoms with van der Waals surface area (Å²) in [5, 5.41) is 31.8. The van der Waals surface area contributed by atoms with Gasteiger partial charge in [-0.25, -0.2) is 0 Å². The Hall–Kier alpha value is -3.46. The van der Waals surface area contributed by atoms with Crippen molar-refractivity contribution in [1.29, 1.82) is 10.5 Å². The number of hydrogen-bond acceptors (Lipinski definition) is 8. The van der Waals surface area contributed by atoms with Gasteiger partial charge in [0, 0.05) is 6.07 Å². The van der Waals surface area contributed by atoms with Crippen molar-refractivity contribution < 1.29 is 4.74 Å². The first-order chi connectivity index (χ1) is 9.78. The molecule has 0 spiro atoms. The van der Waals surface area contributed by atoms with Crippen LogP contribution in [0.25, 0.3) is 5.69 Å². The van der Waals surface area contributed by atoms with Crippen LogP contribution in [0.15, 0.2) is 29.6 Å². The van der Waals surface area contributed by atoms with Crippen LogP contribution in [-0.4, -0.2) is 33.0 Å². The molecule has 0 amide bonds. The highest BCUT2D eigenvalue weighted by Gasteiger charge is 2.08. The lowest BCUT2D eigenvalue weighted by Crippen LogP contribution is -2.03. The molecule has 1 heterocycles. The molecule has 0 radical (unpaired) electrons. The number of aromatic nitrogens is 4. The summed E-state index contributed by atoms with van der Waals surface area (Å²) in [6.45, 7) is 0. The van der Waals surface area contributed by atoms with Crippen molar-refractivity contribution in [3.8, 4) is 23.6 Å². The van der Waals surface area contributed by atoms with Crippen molar-refractivity contribution in [3.63, 3.8) is 0 Å². The molecule has 0 atom stereocenters. The summed E-state index contributed by atoms with van der Waals surface area (Å²) in [5.41, 5.74) is 3.41. The fourth-order valence-electron chi connectivity index (χ4n) is 1.39. The van der Waals surface area contributed by atoms with Crippen molar-refractivity contribution in [2.24, 2.45) is 5.10 Å². The van der Waals surface area contributed by atoms with Gasteiger partial charge >= 0.3 is 0 Å². The van der Waals surface area contributed by atoms with Crippen LogP contribution in [0.5, 0.6) is 5.75 Å². The maximum Gasteiger partial charge on any atom is 0.237 e. The SMILES string of the molecule is COc1ccc(-n2cnnn2)c(NN=C(C#N)C#N)c1. The van der Waals surface area contributed by atoms with Crippen LogP contribution in [-0.2, 0) is 0 Å². The number of tetrazole rings is 1. The van der Waals surface area contributed by atoms with Crippen LogP contribution >= 0.6 is 0 Å². The van der Waals surface area contributed by atoms with Crippen molar-refractivity contribution >= 4 is 11.4 Å². The van der Waals surface area contributed by atoms with E-state index in [1.807, 2.05) is 0 Å². The zero-order chi connectivity index (χ0) is 14.4. The van der Waals surface area contributed by atoms with Crippen LogP contribution in [0.3, 0.4) is 0 Å². The molecule has 0 aliphatic rings. The summed E-state index contributed by atoms with van der Waals surface area (Å²) < 4.78 is 6.52. The molecule has 0 aliphatic heterocycles. The van der Waals surface area contributed by atoms with Crippen LogP contribution in [0.1, 0.15) is 0 Å². The first kappa shape index (κ1) is 13.0. The van der Waals surface area contributed by atoms with E-state index in [2.05, 4.69) is 26.1 Å². The maximum atomic E-state index is 8.65. The molecule has 2 rings (SSSR count). The van der Waals surface area contributed by atoms with Crippen molar-refractivity contribution in [3.05, 3.63) is 24.5 Å². The second kappa shape index (κ2) is 5.93. The van der Waals surface area contributed by atoms with Crippen LogP contribution in [0.2, 0.25) is 0 Å². The zero-order valence-corrected chi connectivity index (χ0v) is 10.3. The number of anilines is 1. The first-order valence-corrected chi connectivity index (χ1v) is 5.33. The quantitative estimate of drug-likeness (QED) is 0.631. The monoisotopic (exact) mass is 268 g/mol. The van der Waals surface area contributed by atoms with Gasteiger partial charge in [0.15, 0.2) is 0 Å². The Labute approximate surface area is 113 Å². The highest BCUT2D eigenvalue weighted by Crippen LogP contribution is 2.25. The third kappa shape index (κ3) is 2.68. The molecule has 0 unspecified atom stereocenters. The van der Waals surface area contributed by atoms with Gasteiger partial charge in [-0.3, -0.25) is 5.43 Å². The summed E-state index contributed by atoms with van der Waals surface area (Å²) in [7, 11) is 1.52. The minimum Gasteiger partial charge on any atom is -0.497 e. The fourth-order valence-corrected chi connectivity index (χ4v) is 1.39. The minimum absolute atomic E-state index is 0.296. The molecule has 9 nitrogen and oxygen atoms in total. The van der Waals surface area contributed by atoms with Gasteiger partial charge in [0.2, 0.25) is 5.71 Å². The average Bonchev–Trinajstić information content (AvgIpc) is 3.02. The molecule has 0 bridgehead atoms. The molecule has 0 saturated carbocycles. The highest BCUT2D eigenvalue weighted by atomic mass is 16.5. The third-order valence-electron chi connectivity index (χ3n) is 2.30. The lowest BCUT2D eigenvalue weighted by atomic mass is 10.2. The summed E-state index contributed by atoms with van der Waals surface area (Å²) >= 11 is 0. The van der Waals surface area contributed by atoms with Crippen LogP contribution in [0, 0.1) is 22.7 Å². The van der Waals surface area contributed by atoms with E-state index in [1.165, 1.54) is 18.1 Å². The van der Waals surface area contributed by atoms with Gasteiger partial charge in [-0.2, -0.15) is 20.3 Å². The van der Waals surface area contributed by atoms with Gasteiger partial charge in [0.05, 0.1) is 18.5 Å². The fraction of sp³-hybridized carbons (Fsp3) is 0.0909. The van der Waals surface area contributed by atoms with E-state index in [1.54, 1.807) is 30.3 Å². The maximum absolute atomic E-state index is 8.65. The van der Waals surface area contributed by atoms with Gasteiger partial charge in [0.25, 0.3) is 0 Å². The number of hydrazone groups is 1. The predicted octanol–water partition coefficient (Wildman–Crippen LogP) is 0.486. The minimum atomic E-state index is -0.296. The number of ether oxygens (including phenoxy) is 1. The first-order valence-electron chi connectivity index (χ1n) is 5.33. The summed E-state index contributed by atoms with van der Waals surface area (Å²) in [4.78, 5) is 0. The van der Waals surface area contributed by atoms with E-state index in [-0.39, 0.29) is 5.71 Å². The zero-order valence-electron chi connectivity index (χ0n) is 10.3. The molecule has 98 valence electrons. The van der Waals surface area contributed by atoms with E-state index in [4.69, 9.17) is 15.3 Å². The van der Waals surface area contributed by atoms with Crippen LogP contribution in [0.4, 0.5) is 5.69 Å². The summed E-state index contributed by atoms with van der Waals surface area (Å²) in [6.07, 6.45) is 1.41. The second-order valence-corrected chi connectivity index (χ2v) is 3.43. The Kier molecular flexibility index (Phi) is 3.85. The number of nitriles is 2. The number of rotatable bonds is 4. The lowest BCUT2D eigenvalue weighted by Gasteiger charge is -2.09.